The Kier molecular flexibility index (Phi) is 5.38. The lowest BCUT2D eigenvalue weighted by Gasteiger charge is -2.22. The molecule has 0 aliphatic rings. The van der Waals surface area contributed by atoms with E-state index in [1.54, 1.807) is 0 Å². The van der Waals surface area contributed by atoms with Gasteiger partial charge in [0, 0.05) is 4.47 Å². The molecule has 0 aromatic heterocycles. The monoisotopic (exact) mass is 534 g/mol. The fraction of sp³-hybridized carbons (Fsp3) is 0. The average Bonchev–Trinajstić information content (AvgIpc) is 2.97. The summed E-state index contributed by atoms with van der Waals surface area (Å²) in [5.74, 6) is 0. The molecule has 0 bridgehead atoms. The van der Waals surface area contributed by atoms with E-state index in [-0.39, 0.29) is 0 Å². The first-order valence-corrected chi connectivity index (χ1v) is 13.4. The van der Waals surface area contributed by atoms with Crippen LogP contribution in [-0.2, 0) is 0 Å². The van der Waals surface area contributed by atoms with Crippen LogP contribution in [-0.4, -0.2) is 0 Å². The van der Waals surface area contributed by atoms with Crippen LogP contribution >= 0.6 is 15.9 Å². The van der Waals surface area contributed by atoms with E-state index in [1.165, 1.54) is 65.7 Å². The highest BCUT2D eigenvalue weighted by Crippen LogP contribution is 2.48. The molecule has 0 unspecified atom stereocenters. The van der Waals surface area contributed by atoms with Gasteiger partial charge >= 0.3 is 0 Å². The van der Waals surface area contributed by atoms with Crippen LogP contribution in [0.1, 0.15) is 0 Å². The lowest BCUT2D eigenvalue weighted by Crippen LogP contribution is -1.94. The van der Waals surface area contributed by atoms with Crippen molar-refractivity contribution in [1.82, 2.24) is 0 Å². The van der Waals surface area contributed by atoms with Crippen LogP contribution in [0.15, 0.2) is 144 Å². The molecule has 0 fully saturated rings. The number of fused-ring (bicyclic) bond motifs is 6. The molecule has 37 heavy (non-hydrogen) atoms. The van der Waals surface area contributed by atoms with Gasteiger partial charge in [0.25, 0.3) is 0 Å². The van der Waals surface area contributed by atoms with Crippen LogP contribution in [0.5, 0.6) is 0 Å². The van der Waals surface area contributed by atoms with E-state index in [4.69, 9.17) is 0 Å². The second-order valence-corrected chi connectivity index (χ2v) is 10.3. The van der Waals surface area contributed by atoms with Gasteiger partial charge in [-0.25, -0.2) is 0 Å². The highest BCUT2D eigenvalue weighted by atomic mass is 79.9. The van der Waals surface area contributed by atoms with Crippen molar-refractivity contribution in [3.8, 4) is 33.4 Å². The molecule has 174 valence electrons. The molecule has 7 aromatic rings. The highest BCUT2D eigenvalue weighted by Gasteiger charge is 2.21. The van der Waals surface area contributed by atoms with Gasteiger partial charge in [0.15, 0.2) is 0 Å². The minimum absolute atomic E-state index is 1.08. The van der Waals surface area contributed by atoms with E-state index < -0.39 is 0 Å². The van der Waals surface area contributed by atoms with Gasteiger partial charge in [0.1, 0.15) is 0 Å². The third-order valence-corrected chi connectivity index (χ3v) is 7.79. The molecule has 0 N–H and O–H groups in total. The Labute approximate surface area is 225 Å². The Morgan fingerprint density at radius 1 is 0.351 bits per heavy atom. The zero-order chi connectivity index (χ0) is 24.8. The largest absolute Gasteiger partial charge is 0.0622 e. The van der Waals surface area contributed by atoms with Gasteiger partial charge in [-0.2, -0.15) is 0 Å². The lowest BCUT2D eigenvalue weighted by molar-refractivity contribution is 1.59. The van der Waals surface area contributed by atoms with E-state index in [0.717, 1.165) is 4.47 Å². The van der Waals surface area contributed by atoms with Crippen LogP contribution in [0.2, 0.25) is 0 Å². The number of rotatable bonds is 3. The van der Waals surface area contributed by atoms with Crippen molar-refractivity contribution >= 4 is 48.2 Å². The molecular weight excluding hydrogens is 512 g/mol. The molecule has 1 heteroatoms. The van der Waals surface area contributed by atoms with Crippen LogP contribution in [0.25, 0.3) is 65.7 Å². The van der Waals surface area contributed by atoms with Crippen molar-refractivity contribution in [3.63, 3.8) is 0 Å². The Hall–Kier alpha value is -4.20. The second-order valence-electron chi connectivity index (χ2n) is 9.43. The fourth-order valence-electron chi connectivity index (χ4n) is 5.74. The van der Waals surface area contributed by atoms with Gasteiger partial charge < -0.3 is 0 Å². The third-order valence-electron chi connectivity index (χ3n) is 7.29. The maximum Gasteiger partial charge on any atom is 0.0181 e. The van der Waals surface area contributed by atoms with E-state index in [1.807, 2.05) is 0 Å². The molecule has 0 amide bonds. The van der Waals surface area contributed by atoms with E-state index >= 15 is 0 Å². The maximum atomic E-state index is 3.73. The Bertz CT molecular complexity index is 1920. The summed E-state index contributed by atoms with van der Waals surface area (Å²) in [5, 5.41) is 7.73. The van der Waals surface area contributed by atoms with Crippen molar-refractivity contribution in [3.05, 3.63) is 144 Å². The SMILES string of the molecule is Brc1cccc(-c2cc(-c3ccccc3)c(-c3ccccc3)c3c4ccccc4c4ccccc4c23)c1. The third kappa shape index (κ3) is 3.66. The van der Waals surface area contributed by atoms with E-state index in [2.05, 4.69) is 155 Å². The van der Waals surface area contributed by atoms with Gasteiger partial charge in [-0.05, 0) is 83.9 Å². The molecule has 0 saturated carbocycles. The molecule has 0 atom stereocenters. The quantitative estimate of drug-likeness (QED) is 0.198. The summed E-state index contributed by atoms with van der Waals surface area (Å²) in [6.45, 7) is 0. The predicted octanol–water partition coefficient (Wildman–Crippen LogP) is 10.9. The van der Waals surface area contributed by atoms with Crippen LogP contribution in [0, 0.1) is 0 Å². The van der Waals surface area contributed by atoms with Crippen LogP contribution < -0.4 is 0 Å². The molecule has 0 radical (unpaired) electrons. The van der Waals surface area contributed by atoms with Gasteiger partial charge in [-0.3, -0.25) is 0 Å². The first kappa shape index (κ1) is 22.0. The summed E-state index contributed by atoms with van der Waals surface area (Å²) in [7, 11) is 0. The van der Waals surface area contributed by atoms with Crippen LogP contribution in [0.4, 0.5) is 0 Å². The summed E-state index contributed by atoms with van der Waals surface area (Å²) in [5.41, 5.74) is 7.43. The van der Waals surface area contributed by atoms with Crippen LogP contribution in [0.3, 0.4) is 0 Å². The molecule has 7 aromatic carbocycles. The van der Waals surface area contributed by atoms with E-state index in [0.29, 0.717) is 0 Å². The topological polar surface area (TPSA) is 0 Å². The minimum atomic E-state index is 1.08. The van der Waals surface area contributed by atoms with Crippen molar-refractivity contribution in [2.75, 3.05) is 0 Å². The summed E-state index contributed by atoms with van der Waals surface area (Å²) >= 11 is 3.73. The normalized spacial score (nSPS) is 11.4. The van der Waals surface area contributed by atoms with Crippen molar-refractivity contribution in [1.29, 1.82) is 0 Å². The standard InChI is InChI=1S/C36H23Br/c37-27-17-11-16-26(22-27)33-23-32(24-12-3-1-4-13-24)34(25-14-5-2-6-15-25)36-31-21-10-8-19-29(31)28-18-7-9-20-30(28)35(33)36/h1-23H. The molecule has 0 spiro atoms. The maximum absolute atomic E-state index is 3.73. The molecular formula is C36H23Br. The molecule has 0 aliphatic heterocycles. The molecule has 0 heterocycles. The summed E-state index contributed by atoms with van der Waals surface area (Å²) < 4.78 is 1.08. The minimum Gasteiger partial charge on any atom is -0.0622 e. The first-order valence-electron chi connectivity index (χ1n) is 12.6. The zero-order valence-corrected chi connectivity index (χ0v) is 21.7. The number of halogens is 1. The zero-order valence-electron chi connectivity index (χ0n) is 20.2. The highest BCUT2D eigenvalue weighted by molar-refractivity contribution is 9.10. The number of hydrogen-bond donors (Lipinski definition) is 0. The van der Waals surface area contributed by atoms with Crippen molar-refractivity contribution in [2.45, 2.75) is 0 Å². The smallest absolute Gasteiger partial charge is 0.0181 e. The molecule has 0 saturated heterocycles. The van der Waals surface area contributed by atoms with Gasteiger partial charge in [0.05, 0.1) is 0 Å². The predicted molar refractivity (Wildman–Crippen MR) is 163 cm³/mol. The lowest BCUT2D eigenvalue weighted by atomic mass is 9.81. The van der Waals surface area contributed by atoms with Gasteiger partial charge in [-0.15, -0.1) is 0 Å². The van der Waals surface area contributed by atoms with Crippen molar-refractivity contribution in [2.24, 2.45) is 0 Å². The Balaban J connectivity index is 1.81. The Morgan fingerprint density at radius 2 is 0.865 bits per heavy atom. The average molecular weight is 535 g/mol. The second kappa shape index (κ2) is 9.03. The van der Waals surface area contributed by atoms with Gasteiger partial charge in [0.2, 0.25) is 0 Å². The fourth-order valence-corrected chi connectivity index (χ4v) is 6.14. The molecule has 0 aliphatic carbocycles. The van der Waals surface area contributed by atoms with E-state index in [9.17, 15) is 0 Å². The first-order chi connectivity index (χ1) is 18.3. The molecule has 7 rings (SSSR count). The number of hydrogen-bond acceptors (Lipinski definition) is 0. The molecule has 0 nitrogen and oxygen atoms in total. The summed E-state index contributed by atoms with van der Waals surface area (Å²) in [4.78, 5) is 0. The summed E-state index contributed by atoms with van der Waals surface area (Å²) in [6, 6.07) is 50.5. The number of benzene rings is 7. The Morgan fingerprint density at radius 3 is 1.49 bits per heavy atom. The van der Waals surface area contributed by atoms with Crippen molar-refractivity contribution < 1.29 is 0 Å². The summed E-state index contributed by atoms with van der Waals surface area (Å²) in [6.07, 6.45) is 0. The van der Waals surface area contributed by atoms with Gasteiger partial charge in [-0.1, -0.05) is 137 Å².